The monoisotopic (exact) mass is 361 g/mol. The number of esters is 1. The maximum atomic E-state index is 12.6. The SMILES string of the molecule is COC(=O)c1ccc(CN(C)S(=O)(=O)c2ccc(C(C)=O)cc2)cc1. The minimum atomic E-state index is -3.68. The van der Waals surface area contributed by atoms with Gasteiger partial charge in [0.25, 0.3) is 0 Å². The van der Waals surface area contributed by atoms with Gasteiger partial charge in [-0.2, -0.15) is 4.31 Å². The molecule has 6 nitrogen and oxygen atoms in total. The fraction of sp³-hybridized carbons (Fsp3) is 0.222. The number of Topliss-reactive ketones (excluding diaryl/α,β-unsaturated/α-hetero) is 1. The molecule has 0 saturated heterocycles. The predicted molar refractivity (Wildman–Crippen MR) is 92.9 cm³/mol. The van der Waals surface area contributed by atoms with Crippen LogP contribution in [0.1, 0.15) is 33.2 Å². The lowest BCUT2D eigenvalue weighted by atomic mass is 10.1. The number of carbonyl (C=O) groups is 2. The van der Waals surface area contributed by atoms with E-state index in [1.54, 1.807) is 24.3 Å². The van der Waals surface area contributed by atoms with Gasteiger partial charge in [-0.15, -0.1) is 0 Å². The van der Waals surface area contributed by atoms with Crippen LogP contribution in [0.4, 0.5) is 0 Å². The number of hydrogen-bond donors (Lipinski definition) is 0. The van der Waals surface area contributed by atoms with Gasteiger partial charge in [0.05, 0.1) is 17.6 Å². The molecule has 2 rings (SSSR count). The molecule has 0 heterocycles. The van der Waals surface area contributed by atoms with Crippen LogP contribution in [0, 0.1) is 0 Å². The molecule has 0 amide bonds. The van der Waals surface area contributed by atoms with Crippen molar-refractivity contribution in [3.05, 3.63) is 65.2 Å². The van der Waals surface area contributed by atoms with Crippen LogP contribution < -0.4 is 0 Å². The summed E-state index contributed by atoms with van der Waals surface area (Å²) in [6, 6.07) is 12.4. The number of ether oxygens (including phenoxy) is 1. The van der Waals surface area contributed by atoms with Crippen molar-refractivity contribution in [2.24, 2.45) is 0 Å². The van der Waals surface area contributed by atoms with Gasteiger partial charge in [0, 0.05) is 19.2 Å². The summed E-state index contributed by atoms with van der Waals surface area (Å²) in [4.78, 5) is 22.8. The number of hydrogen-bond acceptors (Lipinski definition) is 5. The minimum Gasteiger partial charge on any atom is -0.465 e. The number of benzene rings is 2. The second kappa shape index (κ2) is 7.58. The molecule has 7 heteroatoms. The highest BCUT2D eigenvalue weighted by molar-refractivity contribution is 7.89. The number of ketones is 1. The number of carbonyl (C=O) groups excluding carboxylic acids is 2. The predicted octanol–water partition coefficient (Wildman–Crippen LogP) is 2.50. The first-order valence-corrected chi connectivity index (χ1v) is 8.94. The highest BCUT2D eigenvalue weighted by atomic mass is 32.2. The van der Waals surface area contributed by atoms with E-state index in [2.05, 4.69) is 4.74 Å². The Morgan fingerprint density at radius 2 is 1.48 bits per heavy atom. The summed E-state index contributed by atoms with van der Waals surface area (Å²) in [6.07, 6.45) is 0. The van der Waals surface area contributed by atoms with Crippen molar-refractivity contribution in [1.82, 2.24) is 4.31 Å². The summed E-state index contributed by atoms with van der Waals surface area (Å²) < 4.78 is 31.0. The van der Waals surface area contributed by atoms with Crippen molar-refractivity contribution in [1.29, 1.82) is 0 Å². The zero-order valence-corrected chi connectivity index (χ0v) is 15.0. The molecule has 0 fully saturated rings. The summed E-state index contributed by atoms with van der Waals surface area (Å²) in [6.45, 7) is 1.58. The normalized spacial score (nSPS) is 11.4. The third-order valence-corrected chi connectivity index (χ3v) is 5.57. The molecule has 25 heavy (non-hydrogen) atoms. The molecule has 2 aromatic carbocycles. The van der Waals surface area contributed by atoms with E-state index in [0.29, 0.717) is 11.1 Å². The Balaban J connectivity index is 2.16. The van der Waals surface area contributed by atoms with Gasteiger partial charge in [0.15, 0.2) is 5.78 Å². The fourth-order valence-electron chi connectivity index (χ4n) is 2.25. The first-order chi connectivity index (χ1) is 11.8. The quantitative estimate of drug-likeness (QED) is 0.583. The van der Waals surface area contributed by atoms with Crippen molar-refractivity contribution in [2.75, 3.05) is 14.2 Å². The van der Waals surface area contributed by atoms with E-state index in [0.717, 1.165) is 5.56 Å². The van der Waals surface area contributed by atoms with Crippen molar-refractivity contribution in [3.63, 3.8) is 0 Å². The lowest BCUT2D eigenvalue weighted by Crippen LogP contribution is -2.26. The second-order valence-corrected chi connectivity index (χ2v) is 7.58. The smallest absolute Gasteiger partial charge is 0.337 e. The molecule has 0 aliphatic rings. The molecule has 0 N–H and O–H groups in total. The average Bonchev–Trinajstić information content (AvgIpc) is 2.61. The Kier molecular flexibility index (Phi) is 5.71. The highest BCUT2D eigenvalue weighted by Crippen LogP contribution is 2.18. The molecule has 0 bridgehead atoms. The van der Waals surface area contributed by atoms with Gasteiger partial charge >= 0.3 is 5.97 Å². The third kappa shape index (κ3) is 4.32. The van der Waals surface area contributed by atoms with E-state index in [9.17, 15) is 18.0 Å². The summed E-state index contributed by atoms with van der Waals surface area (Å²) in [5, 5.41) is 0. The molecule has 0 unspecified atom stereocenters. The Morgan fingerprint density at radius 1 is 0.960 bits per heavy atom. The van der Waals surface area contributed by atoms with Crippen molar-refractivity contribution >= 4 is 21.8 Å². The Hall–Kier alpha value is -2.51. The van der Waals surface area contributed by atoms with E-state index < -0.39 is 16.0 Å². The van der Waals surface area contributed by atoms with Gasteiger partial charge in [-0.1, -0.05) is 24.3 Å². The number of nitrogens with zero attached hydrogens (tertiary/aromatic N) is 1. The molecule has 0 radical (unpaired) electrons. The molecule has 0 atom stereocenters. The zero-order chi connectivity index (χ0) is 18.6. The second-order valence-electron chi connectivity index (χ2n) is 5.53. The Morgan fingerprint density at radius 3 is 1.96 bits per heavy atom. The number of sulfonamides is 1. The topological polar surface area (TPSA) is 80.8 Å². The van der Waals surface area contributed by atoms with Gasteiger partial charge in [-0.3, -0.25) is 4.79 Å². The van der Waals surface area contributed by atoms with Crippen LogP contribution in [-0.2, 0) is 21.3 Å². The van der Waals surface area contributed by atoms with Crippen LogP contribution in [0.2, 0.25) is 0 Å². The van der Waals surface area contributed by atoms with Crippen molar-refractivity contribution in [3.8, 4) is 0 Å². The van der Waals surface area contributed by atoms with E-state index in [1.165, 1.54) is 49.7 Å². The Labute approximate surface area is 147 Å². The van der Waals surface area contributed by atoms with E-state index in [4.69, 9.17) is 0 Å². The van der Waals surface area contributed by atoms with E-state index >= 15 is 0 Å². The average molecular weight is 361 g/mol. The fourth-order valence-corrected chi connectivity index (χ4v) is 3.41. The maximum Gasteiger partial charge on any atom is 0.337 e. The van der Waals surface area contributed by atoms with Gasteiger partial charge in [0.1, 0.15) is 0 Å². The summed E-state index contributed by atoms with van der Waals surface area (Å²) in [7, 11) is -0.906. The van der Waals surface area contributed by atoms with Crippen molar-refractivity contribution < 1.29 is 22.7 Å². The lowest BCUT2D eigenvalue weighted by Gasteiger charge is -2.17. The molecule has 2 aromatic rings. The molecule has 132 valence electrons. The van der Waals surface area contributed by atoms with Crippen LogP contribution in [0.15, 0.2) is 53.4 Å². The summed E-state index contributed by atoms with van der Waals surface area (Å²) in [5.41, 5.74) is 1.59. The van der Waals surface area contributed by atoms with Gasteiger partial charge in [0.2, 0.25) is 10.0 Å². The van der Waals surface area contributed by atoms with Crippen LogP contribution >= 0.6 is 0 Å². The van der Waals surface area contributed by atoms with E-state index in [-0.39, 0.29) is 17.2 Å². The molecule has 0 spiro atoms. The molecule has 0 aliphatic carbocycles. The zero-order valence-electron chi connectivity index (χ0n) is 14.2. The lowest BCUT2D eigenvalue weighted by molar-refractivity contribution is 0.0600. The van der Waals surface area contributed by atoms with Crippen LogP contribution in [0.3, 0.4) is 0 Å². The van der Waals surface area contributed by atoms with Gasteiger partial charge in [-0.25, -0.2) is 13.2 Å². The van der Waals surface area contributed by atoms with E-state index in [1.807, 2.05) is 0 Å². The first kappa shape index (κ1) is 18.8. The summed E-state index contributed by atoms with van der Waals surface area (Å²) in [5.74, 6) is -0.568. The largest absolute Gasteiger partial charge is 0.465 e. The molecule has 0 aliphatic heterocycles. The maximum absolute atomic E-state index is 12.6. The van der Waals surface area contributed by atoms with Crippen molar-refractivity contribution in [2.45, 2.75) is 18.4 Å². The molecule has 0 aromatic heterocycles. The number of methoxy groups -OCH3 is 1. The van der Waals surface area contributed by atoms with Crippen LogP contribution in [0.25, 0.3) is 0 Å². The van der Waals surface area contributed by atoms with Gasteiger partial charge < -0.3 is 4.74 Å². The molecule has 0 saturated carbocycles. The summed E-state index contributed by atoms with van der Waals surface area (Å²) >= 11 is 0. The third-order valence-electron chi connectivity index (χ3n) is 3.75. The van der Waals surface area contributed by atoms with Gasteiger partial charge in [-0.05, 0) is 36.8 Å². The van der Waals surface area contributed by atoms with Crippen LogP contribution in [-0.4, -0.2) is 38.6 Å². The Bertz CT molecular complexity index is 871. The molecular weight excluding hydrogens is 342 g/mol. The first-order valence-electron chi connectivity index (χ1n) is 7.50. The standard InChI is InChI=1S/C18H19NO5S/c1-13(20)15-8-10-17(11-9-15)25(22,23)19(2)12-14-4-6-16(7-5-14)18(21)24-3/h4-11H,12H2,1-3H3. The number of rotatable bonds is 6. The highest BCUT2D eigenvalue weighted by Gasteiger charge is 2.21. The van der Waals surface area contributed by atoms with Crippen LogP contribution in [0.5, 0.6) is 0 Å². The minimum absolute atomic E-state index is 0.117. The molecular formula is C18H19NO5S.